The molecule has 1 aliphatic rings. The minimum Gasteiger partial charge on any atom is -0.394 e. The third kappa shape index (κ3) is 58.6. The van der Waals surface area contributed by atoms with Crippen LogP contribution in [0, 0.1) is 0 Å². The maximum atomic E-state index is 13.1. The van der Waals surface area contributed by atoms with E-state index >= 15 is 0 Å². The molecule has 0 bridgehead atoms. The highest BCUT2D eigenvalue weighted by atomic mass is 16.7. The molecule has 0 aromatic heterocycles. The Hall–Kier alpha value is -4.45. The Kier molecular flexibility index (Phi) is 65.5. The Morgan fingerprint density at radius 2 is 0.677 bits per heavy atom. The van der Waals surface area contributed by atoms with Gasteiger partial charge in [-0.05, 0) is 128 Å². The van der Waals surface area contributed by atoms with Crippen LogP contribution in [0.25, 0.3) is 0 Å². The van der Waals surface area contributed by atoms with Crippen molar-refractivity contribution >= 4 is 5.91 Å². The fourth-order valence-corrected chi connectivity index (χ4v) is 10.9. The number of rotatable bonds is 64. The summed E-state index contributed by atoms with van der Waals surface area (Å²) in [7, 11) is 0. The largest absolute Gasteiger partial charge is 0.394 e. The molecule has 1 fully saturated rings. The van der Waals surface area contributed by atoms with Crippen LogP contribution in [0.15, 0.2) is 170 Å². The van der Waals surface area contributed by atoms with Crippen LogP contribution in [0.5, 0.6) is 0 Å². The number of aliphatic hydroxyl groups is 5. The van der Waals surface area contributed by atoms with E-state index < -0.39 is 49.5 Å². The normalized spacial score (nSPS) is 18.6. The van der Waals surface area contributed by atoms with Crippen LogP contribution in [0.3, 0.4) is 0 Å². The number of hydrogen-bond acceptors (Lipinski definition) is 8. The van der Waals surface area contributed by atoms with Crippen molar-refractivity contribution in [3.8, 4) is 0 Å². The van der Waals surface area contributed by atoms with Crippen molar-refractivity contribution in [2.24, 2.45) is 0 Å². The molecule has 7 atom stereocenters. The van der Waals surface area contributed by atoms with E-state index in [1.54, 1.807) is 6.08 Å². The topological polar surface area (TPSA) is 149 Å². The standard InChI is InChI=1S/C84H139NO8/c1-3-5-7-9-11-13-15-17-19-21-23-25-27-29-31-33-35-37-38-39-40-42-44-46-48-50-52-54-56-58-60-62-64-66-68-70-72-74-80(88)85-77(76-92-84-83(91)82(90)81(89)79(75-86)93-84)78(87)73-71-69-67-65-63-61-59-57-55-53-51-49-47-45-43-41-36-34-32-30-28-26-24-22-20-18-16-14-12-10-8-6-4-2/h5,7,11,13,17,19,23,25,29,31,35,37,39-40,44,46,50,52,55-58,62-65,71,73,77-79,81-84,86-87,89-91H,3-4,6,8-10,12,14-16,18,20-22,24,26-28,30,32-34,36,38,41-43,45,47-49,51,53-54,59-61,66-70,72,74-76H2,1-2H3,(H,85,88)/b7-5-,13-11-,19-17-,25-23-,31-29-,37-35-,40-39-,46-44-,52-50-,57-55+,58-56-,64-62-,65-63+,73-71+. The molecule has 7 unspecified atom stereocenters. The number of nitrogens with one attached hydrogen (secondary N) is 1. The lowest BCUT2D eigenvalue weighted by molar-refractivity contribution is -0.302. The summed E-state index contributed by atoms with van der Waals surface area (Å²) in [4.78, 5) is 13.1. The average Bonchev–Trinajstić information content (AvgIpc) is 1.01. The van der Waals surface area contributed by atoms with Crippen molar-refractivity contribution in [2.75, 3.05) is 13.2 Å². The molecule has 0 aliphatic carbocycles. The number of carbonyl (C=O) groups is 1. The van der Waals surface area contributed by atoms with E-state index in [9.17, 15) is 30.3 Å². The van der Waals surface area contributed by atoms with Crippen LogP contribution in [-0.2, 0) is 14.3 Å². The molecule has 0 aromatic carbocycles. The molecule has 1 amide bonds. The predicted octanol–water partition coefficient (Wildman–Crippen LogP) is 21.6. The predicted molar refractivity (Wildman–Crippen MR) is 400 cm³/mol. The zero-order chi connectivity index (χ0) is 67.1. The maximum Gasteiger partial charge on any atom is 0.220 e. The van der Waals surface area contributed by atoms with Crippen molar-refractivity contribution in [1.29, 1.82) is 0 Å². The highest BCUT2D eigenvalue weighted by Crippen LogP contribution is 2.23. The minimum atomic E-state index is -1.59. The Labute approximate surface area is 570 Å². The average molecular weight is 1290 g/mol. The van der Waals surface area contributed by atoms with Crippen molar-refractivity contribution in [2.45, 2.75) is 339 Å². The lowest BCUT2D eigenvalue weighted by Gasteiger charge is -2.40. The molecule has 0 radical (unpaired) electrons. The summed E-state index contributed by atoms with van der Waals surface area (Å²) in [6, 6.07) is -0.862. The van der Waals surface area contributed by atoms with Gasteiger partial charge in [-0.1, -0.05) is 332 Å². The van der Waals surface area contributed by atoms with Crippen LogP contribution in [-0.4, -0.2) is 87.5 Å². The highest BCUT2D eigenvalue weighted by molar-refractivity contribution is 5.76. The third-order valence-corrected chi connectivity index (χ3v) is 16.8. The first kappa shape index (κ1) is 86.6. The summed E-state index contributed by atoms with van der Waals surface area (Å²) < 4.78 is 11.3. The van der Waals surface area contributed by atoms with Gasteiger partial charge in [0.15, 0.2) is 6.29 Å². The zero-order valence-electron chi connectivity index (χ0n) is 59.2. The van der Waals surface area contributed by atoms with Crippen LogP contribution < -0.4 is 5.32 Å². The summed E-state index contributed by atoms with van der Waals surface area (Å²) in [6.07, 6.45) is 105. The maximum absolute atomic E-state index is 13.1. The van der Waals surface area contributed by atoms with Crippen molar-refractivity contribution < 1.29 is 39.8 Å². The SMILES string of the molecule is CC/C=C\C/C=C\C/C=C\C/C=C\C/C=C\C/C=C\C/C=C\C/C=C\C/C=C\C/C=C\C/C=C\CCCCCC(=O)NC(COC1OC(CO)C(O)C(O)C1O)C(O)/C=C/CC/C=C/CC/C=C/CCCCCCCCCCCCCCCCCCCCCCCCC. The van der Waals surface area contributed by atoms with E-state index in [0.29, 0.717) is 12.8 Å². The van der Waals surface area contributed by atoms with E-state index in [1.165, 1.54) is 148 Å². The number of unbranched alkanes of at least 4 members (excludes halogenated alkanes) is 28. The molecule has 0 spiro atoms. The lowest BCUT2D eigenvalue weighted by atomic mass is 9.99. The van der Waals surface area contributed by atoms with Crippen LogP contribution in [0.1, 0.15) is 296 Å². The summed E-state index contributed by atoms with van der Waals surface area (Å²) in [6.45, 7) is 3.64. The van der Waals surface area contributed by atoms with Gasteiger partial charge in [0, 0.05) is 6.42 Å². The summed E-state index contributed by atoms with van der Waals surface area (Å²) >= 11 is 0. The Morgan fingerprint density at radius 1 is 0.376 bits per heavy atom. The molecule has 93 heavy (non-hydrogen) atoms. The number of aliphatic hydroxyl groups excluding tert-OH is 5. The molecule has 528 valence electrons. The first-order chi connectivity index (χ1) is 45.8. The summed E-state index contributed by atoms with van der Waals surface area (Å²) in [5.41, 5.74) is 0. The molecule has 9 nitrogen and oxygen atoms in total. The molecule has 1 rings (SSSR count). The van der Waals surface area contributed by atoms with Gasteiger partial charge in [-0.3, -0.25) is 4.79 Å². The number of amides is 1. The first-order valence-corrected chi connectivity index (χ1v) is 37.9. The van der Waals surface area contributed by atoms with Crippen LogP contribution in [0.2, 0.25) is 0 Å². The second kappa shape index (κ2) is 70.4. The van der Waals surface area contributed by atoms with Gasteiger partial charge < -0.3 is 40.3 Å². The molecule has 1 aliphatic heterocycles. The van der Waals surface area contributed by atoms with Crippen molar-refractivity contribution in [1.82, 2.24) is 5.32 Å². The van der Waals surface area contributed by atoms with Gasteiger partial charge in [0.05, 0.1) is 25.4 Å². The lowest BCUT2D eigenvalue weighted by Crippen LogP contribution is -2.60. The van der Waals surface area contributed by atoms with Crippen LogP contribution >= 0.6 is 0 Å². The Balaban J connectivity index is 2.21. The van der Waals surface area contributed by atoms with Gasteiger partial charge in [-0.15, -0.1) is 0 Å². The molecular weight excluding hydrogens is 1150 g/mol. The van der Waals surface area contributed by atoms with E-state index in [4.69, 9.17) is 9.47 Å². The van der Waals surface area contributed by atoms with E-state index in [0.717, 1.165) is 116 Å². The molecule has 1 saturated heterocycles. The molecule has 9 heteroatoms. The van der Waals surface area contributed by atoms with Crippen molar-refractivity contribution in [3.05, 3.63) is 170 Å². The van der Waals surface area contributed by atoms with E-state index in [2.05, 4.69) is 177 Å². The molecule has 1 heterocycles. The monoisotopic (exact) mass is 1290 g/mol. The number of allylic oxidation sites excluding steroid dienone is 27. The van der Waals surface area contributed by atoms with Gasteiger partial charge in [-0.25, -0.2) is 0 Å². The van der Waals surface area contributed by atoms with Crippen LogP contribution in [0.4, 0.5) is 0 Å². The Morgan fingerprint density at radius 3 is 1.03 bits per heavy atom. The zero-order valence-corrected chi connectivity index (χ0v) is 59.2. The molecular formula is C84H139NO8. The van der Waals surface area contributed by atoms with Gasteiger partial charge >= 0.3 is 0 Å². The van der Waals surface area contributed by atoms with Gasteiger partial charge in [0.2, 0.25) is 5.91 Å². The fourth-order valence-electron chi connectivity index (χ4n) is 10.9. The molecule has 6 N–H and O–H groups in total. The first-order valence-electron chi connectivity index (χ1n) is 37.9. The van der Waals surface area contributed by atoms with Gasteiger partial charge in [0.1, 0.15) is 24.4 Å². The number of carbonyl (C=O) groups excluding carboxylic acids is 1. The second-order valence-electron chi connectivity index (χ2n) is 25.3. The number of hydrogen-bond donors (Lipinski definition) is 6. The highest BCUT2D eigenvalue weighted by Gasteiger charge is 2.44. The summed E-state index contributed by atoms with van der Waals surface area (Å²) in [5, 5.41) is 54.8. The fraction of sp³-hybridized carbons (Fsp3) is 0.655. The second-order valence-corrected chi connectivity index (χ2v) is 25.3. The van der Waals surface area contributed by atoms with Gasteiger partial charge in [-0.2, -0.15) is 0 Å². The van der Waals surface area contributed by atoms with Gasteiger partial charge in [0.25, 0.3) is 0 Å². The molecule has 0 aromatic rings. The number of ether oxygens (including phenoxy) is 2. The minimum absolute atomic E-state index is 0.227. The molecule has 0 saturated carbocycles. The van der Waals surface area contributed by atoms with E-state index in [-0.39, 0.29) is 18.9 Å². The smallest absolute Gasteiger partial charge is 0.220 e. The quantitative estimate of drug-likeness (QED) is 0.0261. The summed E-state index contributed by atoms with van der Waals surface area (Å²) in [5.74, 6) is -0.227. The third-order valence-electron chi connectivity index (χ3n) is 16.8. The van der Waals surface area contributed by atoms with Crippen molar-refractivity contribution in [3.63, 3.8) is 0 Å². The Bertz CT molecular complexity index is 2080. The van der Waals surface area contributed by atoms with E-state index in [1.807, 2.05) is 6.08 Å².